The third-order valence-electron chi connectivity index (χ3n) is 3.04. The van der Waals surface area contributed by atoms with Gasteiger partial charge in [-0.1, -0.05) is 40.2 Å². The molecular weight excluding hydrogens is 348 g/mol. The number of ether oxygens (including phenoxy) is 2. The van der Waals surface area contributed by atoms with E-state index in [0.29, 0.717) is 0 Å². The van der Waals surface area contributed by atoms with Gasteiger partial charge in [-0.2, -0.15) is 5.10 Å². The lowest BCUT2D eigenvalue weighted by Crippen LogP contribution is -2.13. The summed E-state index contributed by atoms with van der Waals surface area (Å²) >= 11 is 3.37. The predicted octanol–water partition coefficient (Wildman–Crippen LogP) is 3.56. The third kappa shape index (κ3) is 3.28. The number of hydrogen-bond acceptors (Lipinski definition) is 4. The van der Waals surface area contributed by atoms with Crippen LogP contribution in [-0.4, -0.2) is 29.4 Å². The fourth-order valence-corrected chi connectivity index (χ4v) is 2.42. The average molecular weight is 361 g/mol. The Labute approximate surface area is 135 Å². The Balaban J connectivity index is 1.54. The lowest BCUT2D eigenvalue weighted by Gasteiger charge is -2.07. The van der Waals surface area contributed by atoms with Gasteiger partial charge in [-0.25, -0.2) is 4.79 Å². The maximum absolute atomic E-state index is 12.0. The van der Waals surface area contributed by atoms with E-state index in [1.807, 2.05) is 48.5 Å². The summed E-state index contributed by atoms with van der Waals surface area (Å²) in [7, 11) is 0. The number of carbonyl (C=O) groups excluding carboxylic acids is 1. The molecule has 0 amide bonds. The number of nitrogens with zero attached hydrogens (tertiary/aromatic N) is 1. The van der Waals surface area contributed by atoms with Crippen LogP contribution in [0.15, 0.2) is 53.0 Å². The first-order chi connectivity index (χ1) is 10.7. The van der Waals surface area contributed by atoms with Crippen LogP contribution in [0, 0.1) is 0 Å². The molecule has 1 aromatic heterocycles. The van der Waals surface area contributed by atoms with Crippen molar-refractivity contribution in [1.29, 1.82) is 0 Å². The number of benzene rings is 2. The molecule has 5 nitrogen and oxygen atoms in total. The van der Waals surface area contributed by atoms with E-state index in [-0.39, 0.29) is 18.9 Å². The van der Waals surface area contributed by atoms with E-state index < -0.39 is 5.97 Å². The van der Waals surface area contributed by atoms with Gasteiger partial charge in [0.2, 0.25) is 0 Å². The van der Waals surface area contributed by atoms with Crippen LogP contribution in [0.25, 0.3) is 10.9 Å². The number of carbonyl (C=O) groups is 1. The molecule has 2 aromatic carbocycles. The van der Waals surface area contributed by atoms with E-state index >= 15 is 0 Å². The SMILES string of the molecule is O=C(OCCOc1cccc(Br)c1)c1n[nH]c2ccccc12. The highest BCUT2D eigenvalue weighted by Crippen LogP contribution is 2.18. The van der Waals surface area contributed by atoms with Gasteiger partial charge in [0.15, 0.2) is 5.69 Å². The topological polar surface area (TPSA) is 64.2 Å². The number of aromatic amines is 1. The average Bonchev–Trinajstić information content (AvgIpc) is 2.95. The molecule has 112 valence electrons. The second-order valence-electron chi connectivity index (χ2n) is 4.56. The molecule has 3 rings (SSSR count). The van der Waals surface area contributed by atoms with Crippen molar-refractivity contribution in [3.63, 3.8) is 0 Å². The molecule has 1 N–H and O–H groups in total. The lowest BCUT2D eigenvalue weighted by molar-refractivity contribution is 0.0446. The van der Waals surface area contributed by atoms with Crippen LogP contribution >= 0.6 is 15.9 Å². The molecule has 1 heterocycles. The summed E-state index contributed by atoms with van der Waals surface area (Å²) in [6, 6.07) is 14.9. The molecule has 0 aliphatic heterocycles. The summed E-state index contributed by atoms with van der Waals surface area (Å²) in [6.07, 6.45) is 0. The van der Waals surface area contributed by atoms with Crippen molar-refractivity contribution in [2.45, 2.75) is 0 Å². The Morgan fingerprint density at radius 1 is 1.14 bits per heavy atom. The summed E-state index contributed by atoms with van der Waals surface area (Å²) in [4.78, 5) is 12.0. The zero-order valence-corrected chi connectivity index (χ0v) is 13.2. The lowest BCUT2D eigenvalue weighted by atomic mass is 10.2. The molecule has 0 saturated heterocycles. The number of para-hydroxylation sites is 1. The van der Waals surface area contributed by atoms with Crippen LogP contribution < -0.4 is 4.74 Å². The van der Waals surface area contributed by atoms with Gasteiger partial charge in [-0.15, -0.1) is 0 Å². The number of H-pyrrole nitrogens is 1. The van der Waals surface area contributed by atoms with Gasteiger partial charge in [0.05, 0.1) is 5.52 Å². The molecule has 0 saturated carbocycles. The molecular formula is C16H13BrN2O3. The number of rotatable bonds is 5. The zero-order valence-electron chi connectivity index (χ0n) is 11.6. The van der Waals surface area contributed by atoms with E-state index in [4.69, 9.17) is 9.47 Å². The zero-order chi connectivity index (χ0) is 15.4. The Morgan fingerprint density at radius 3 is 2.86 bits per heavy atom. The summed E-state index contributed by atoms with van der Waals surface area (Å²) in [5, 5.41) is 7.55. The van der Waals surface area contributed by atoms with E-state index in [1.54, 1.807) is 0 Å². The molecule has 0 unspecified atom stereocenters. The molecule has 3 aromatic rings. The van der Waals surface area contributed by atoms with Gasteiger partial charge in [0, 0.05) is 9.86 Å². The highest BCUT2D eigenvalue weighted by atomic mass is 79.9. The minimum Gasteiger partial charge on any atom is -0.490 e. The molecule has 0 spiro atoms. The van der Waals surface area contributed by atoms with E-state index in [2.05, 4.69) is 26.1 Å². The number of aromatic nitrogens is 2. The van der Waals surface area contributed by atoms with E-state index in [0.717, 1.165) is 21.1 Å². The van der Waals surface area contributed by atoms with Crippen LogP contribution in [0.3, 0.4) is 0 Å². The summed E-state index contributed by atoms with van der Waals surface area (Å²) in [5.41, 5.74) is 1.10. The standard InChI is InChI=1S/C16H13BrN2O3/c17-11-4-3-5-12(10-11)21-8-9-22-16(20)15-13-6-1-2-7-14(13)18-19-15/h1-7,10H,8-9H2,(H,18,19). The van der Waals surface area contributed by atoms with Crippen LogP contribution in [-0.2, 0) is 4.74 Å². The Bertz CT molecular complexity index is 801. The Morgan fingerprint density at radius 2 is 2.00 bits per heavy atom. The molecule has 0 aliphatic carbocycles. The van der Waals surface area contributed by atoms with Gasteiger partial charge in [0.25, 0.3) is 0 Å². The van der Waals surface area contributed by atoms with Gasteiger partial charge >= 0.3 is 5.97 Å². The predicted molar refractivity (Wildman–Crippen MR) is 86.0 cm³/mol. The smallest absolute Gasteiger partial charge is 0.359 e. The third-order valence-corrected chi connectivity index (χ3v) is 3.54. The van der Waals surface area contributed by atoms with Crippen molar-refractivity contribution in [3.8, 4) is 5.75 Å². The highest BCUT2D eigenvalue weighted by Gasteiger charge is 2.14. The fourth-order valence-electron chi connectivity index (χ4n) is 2.04. The maximum Gasteiger partial charge on any atom is 0.359 e. The van der Waals surface area contributed by atoms with Crippen LogP contribution in [0.2, 0.25) is 0 Å². The highest BCUT2D eigenvalue weighted by molar-refractivity contribution is 9.10. The monoisotopic (exact) mass is 360 g/mol. The first-order valence-electron chi connectivity index (χ1n) is 6.72. The van der Waals surface area contributed by atoms with Crippen LogP contribution in [0.4, 0.5) is 0 Å². The molecule has 22 heavy (non-hydrogen) atoms. The van der Waals surface area contributed by atoms with E-state index in [1.165, 1.54) is 0 Å². The first-order valence-corrected chi connectivity index (χ1v) is 7.52. The Kier molecular flexibility index (Phi) is 4.39. The number of fused-ring (bicyclic) bond motifs is 1. The fraction of sp³-hybridized carbons (Fsp3) is 0.125. The number of halogens is 1. The molecule has 0 bridgehead atoms. The second-order valence-corrected chi connectivity index (χ2v) is 5.48. The van der Waals surface area contributed by atoms with Crippen molar-refractivity contribution < 1.29 is 14.3 Å². The second kappa shape index (κ2) is 6.62. The first kappa shape index (κ1) is 14.6. The van der Waals surface area contributed by atoms with Crippen LogP contribution in [0.5, 0.6) is 5.75 Å². The number of nitrogens with one attached hydrogen (secondary N) is 1. The number of hydrogen-bond donors (Lipinski definition) is 1. The van der Waals surface area contributed by atoms with Crippen molar-refractivity contribution in [2.75, 3.05) is 13.2 Å². The normalized spacial score (nSPS) is 10.6. The molecule has 0 fully saturated rings. The molecule has 0 aliphatic rings. The minimum atomic E-state index is -0.463. The van der Waals surface area contributed by atoms with Crippen LogP contribution in [0.1, 0.15) is 10.5 Å². The number of esters is 1. The van der Waals surface area contributed by atoms with Gasteiger partial charge in [0.1, 0.15) is 19.0 Å². The van der Waals surface area contributed by atoms with Gasteiger partial charge in [-0.05, 0) is 24.3 Å². The van der Waals surface area contributed by atoms with Gasteiger partial charge in [-0.3, -0.25) is 5.10 Å². The molecule has 6 heteroatoms. The molecule has 0 atom stereocenters. The summed E-state index contributed by atoms with van der Waals surface area (Å²) < 4.78 is 11.6. The van der Waals surface area contributed by atoms with Crippen molar-refractivity contribution >= 4 is 32.8 Å². The van der Waals surface area contributed by atoms with Crippen molar-refractivity contribution in [3.05, 3.63) is 58.7 Å². The molecule has 0 radical (unpaired) electrons. The Hall–Kier alpha value is -2.34. The van der Waals surface area contributed by atoms with Crippen molar-refractivity contribution in [1.82, 2.24) is 10.2 Å². The van der Waals surface area contributed by atoms with E-state index in [9.17, 15) is 4.79 Å². The summed E-state index contributed by atoms with van der Waals surface area (Å²) in [6.45, 7) is 0.442. The largest absolute Gasteiger partial charge is 0.490 e. The van der Waals surface area contributed by atoms with Gasteiger partial charge < -0.3 is 9.47 Å². The van der Waals surface area contributed by atoms with Crippen molar-refractivity contribution in [2.24, 2.45) is 0 Å². The summed E-state index contributed by atoms with van der Waals surface area (Å²) in [5.74, 6) is 0.255. The quantitative estimate of drug-likeness (QED) is 0.558. The maximum atomic E-state index is 12.0. The minimum absolute atomic E-state index is 0.159.